The van der Waals surface area contributed by atoms with Crippen LogP contribution in [0, 0.1) is 17.1 Å². The van der Waals surface area contributed by atoms with E-state index in [0.717, 1.165) is 12.1 Å². The lowest BCUT2D eigenvalue weighted by molar-refractivity contribution is 0.104. The van der Waals surface area contributed by atoms with Gasteiger partial charge in [0, 0.05) is 5.56 Å². The average Bonchev–Trinajstić information content (AvgIpc) is 2.45. The van der Waals surface area contributed by atoms with E-state index in [1.807, 2.05) is 6.07 Å². The van der Waals surface area contributed by atoms with Gasteiger partial charge in [-0.1, -0.05) is 12.1 Å². The van der Waals surface area contributed by atoms with Crippen molar-refractivity contribution >= 4 is 11.9 Å². The van der Waals surface area contributed by atoms with E-state index in [9.17, 15) is 14.3 Å². The lowest BCUT2D eigenvalue weighted by Crippen LogP contribution is -2.01. The Morgan fingerprint density at radius 1 is 1.20 bits per heavy atom. The molecule has 0 unspecified atom stereocenters. The molecule has 0 bridgehead atoms. The summed E-state index contributed by atoms with van der Waals surface area (Å²) in [6.45, 7) is 0. The zero-order valence-corrected chi connectivity index (χ0v) is 10.4. The number of allylic oxidation sites excluding steroid dienone is 1. The predicted octanol–water partition coefficient (Wildman–Crippen LogP) is 3.32. The van der Waals surface area contributed by atoms with Crippen LogP contribution in [0.5, 0.6) is 5.75 Å². The molecular weight excluding hydrogens is 257 g/mol. The van der Waals surface area contributed by atoms with Crippen LogP contribution in [0.3, 0.4) is 0 Å². The summed E-state index contributed by atoms with van der Waals surface area (Å²) in [5.41, 5.74) is 0.693. The number of carbonyl (C=O) groups is 1. The fourth-order valence-electron chi connectivity index (χ4n) is 1.69. The molecule has 20 heavy (non-hydrogen) atoms. The predicted molar refractivity (Wildman–Crippen MR) is 72.4 cm³/mol. The van der Waals surface area contributed by atoms with E-state index in [-0.39, 0.29) is 16.9 Å². The van der Waals surface area contributed by atoms with Crippen molar-refractivity contribution in [3.8, 4) is 11.8 Å². The van der Waals surface area contributed by atoms with E-state index in [2.05, 4.69) is 0 Å². The van der Waals surface area contributed by atoms with Gasteiger partial charge >= 0.3 is 0 Å². The first-order chi connectivity index (χ1) is 9.60. The maximum Gasteiger partial charge on any atom is 0.203 e. The highest BCUT2D eigenvalue weighted by Crippen LogP contribution is 2.16. The van der Waals surface area contributed by atoms with Crippen molar-refractivity contribution in [1.29, 1.82) is 5.26 Å². The van der Waals surface area contributed by atoms with Gasteiger partial charge in [-0.3, -0.25) is 4.79 Å². The highest BCUT2D eigenvalue weighted by atomic mass is 19.1. The van der Waals surface area contributed by atoms with Gasteiger partial charge in [0.05, 0.1) is 0 Å². The van der Waals surface area contributed by atoms with Gasteiger partial charge in [-0.2, -0.15) is 5.26 Å². The van der Waals surface area contributed by atoms with Crippen LogP contribution in [-0.2, 0) is 0 Å². The van der Waals surface area contributed by atoms with Crippen LogP contribution in [0.1, 0.15) is 15.9 Å². The Balaban J connectivity index is 2.35. The Morgan fingerprint density at radius 2 is 1.90 bits per heavy atom. The zero-order valence-electron chi connectivity index (χ0n) is 10.4. The quantitative estimate of drug-likeness (QED) is 0.527. The van der Waals surface area contributed by atoms with Crippen LogP contribution in [0.25, 0.3) is 6.08 Å². The van der Waals surface area contributed by atoms with Gasteiger partial charge < -0.3 is 5.11 Å². The first-order valence-corrected chi connectivity index (χ1v) is 5.81. The van der Waals surface area contributed by atoms with Gasteiger partial charge in [0.2, 0.25) is 5.78 Å². The highest BCUT2D eigenvalue weighted by molar-refractivity contribution is 6.14. The van der Waals surface area contributed by atoms with E-state index in [1.54, 1.807) is 12.1 Å². The van der Waals surface area contributed by atoms with Crippen LogP contribution in [-0.4, -0.2) is 10.9 Å². The molecule has 0 radical (unpaired) electrons. The number of aromatic hydroxyl groups is 1. The van der Waals surface area contributed by atoms with Crippen LogP contribution < -0.4 is 0 Å². The summed E-state index contributed by atoms with van der Waals surface area (Å²) in [4.78, 5) is 12.1. The first kappa shape index (κ1) is 13.5. The summed E-state index contributed by atoms with van der Waals surface area (Å²) >= 11 is 0. The standard InChI is InChI=1S/C16H10FNO2/c17-14-6-4-12(5-7-14)16(20)13(10-18)8-11-2-1-3-15(19)9-11/h1-9,19H/b13-8+. The Kier molecular flexibility index (Phi) is 3.92. The minimum absolute atomic E-state index is 0.0465. The number of hydrogen-bond acceptors (Lipinski definition) is 3. The van der Waals surface area contributed by atoms with Gasteiger partial charge in [-0.15, -0.1) is 0 Å². The van der Waals surface area contributed by atoms with E-state index in [1.165, 1.54) is 30.3 Å². The van der Waals surface area contributed by atoms with Gasteiger partial charge in [-0.25, -0.2) is 4.39 Å². The molecule has 2 aromatic carbocycles. The number of hydrogen-bond donors (Lipinski definition) is 1. The fourth-order valence-corrected chi connectivity index (χ4v) is 1.69. The molecule has 0 amide bonds. The second-order valence-electron chi connectivity index (χ2n) is 4.10. The van der Waals surface area contributed by atoms with Crippen molar-refractivity contribution in [2.75, 3.05) is 0 Å². The molecular formula is C16H10FNO2. The lowest BCUT2D eigenvalue weighted by atomic mass is 10.0. The number of ketones is 1. The van der Waals surface area contributed by atoms with Gasteiger partial charge in [-0.05, 0) is 48.0 Å². The first-order valence-electron chi connectivity index (χ1n) is 5.81. The van der Waals surface area contributed by atoms with E-state index in [0.29, 0.717) is 5.56 Å². The zero-order chi connectivity index (χ0) is 14.5. The average molecular weight is 267 g/mol. The van der Waals surface area contributed by atoms with Crippen LogP contribution in [0.15, 0.2) is 54.1 Å². The third-order valence-corrected chi connectivity index (χ3v) is 2.65. The van der Waals surface area contributed by atoms with Gasteiger partial charge in [0.25, 0.3) is 0 Å². The van der Waals surface area contributed by atoms with Crippen LogP contribution >= 0.6 is 0 Å². The molecule has 0 aliphatic carbocycles. The SMILES string of the molecule is N#C/C(=C\c1cccc(O)c1)C(=O)c1ccc(F)cc1. The number of phenols is 1. The largest absolute Gasteiger partial charge is 0.508 e. The third-order valence-electron chi connectivity index (χ3n) is 2.65. The van der Waals surface area contributed by atoms with E-state index in [4.69, 9.17) is 5.26 Å². The summed E-state index contributed by atoms with van der Waals surface area (Å²) in [7, 11) is 0. The number of halogens is 1. The number of benzene rings is 2. The molecule has 0 heterocycles. The molecule has 3 nitrogen and oxygen atoms in total. The number of nitriles is 1. The number of rotatable bonds is 3. The number of carbonyl (C=O) groups excluding carboxylic acids is 1. The Labute approximate surface area is 115 Å². The lowest BCUT2D eigenvalue weighted by Gasteiger charge is -2.00. The summed E-state index contributed by atoms with van der Waals surface area (Å²) < 4.78 is 12.8. The molecule has 2 aromatic rings. The molecule has 0 atom stereocenters. The van der Waals surface area contributed by atoms with Gasteiger partial charge in [0.1, 0.15) is 23.2 Å². The highest BCUT2D eigenvalue weighted by Gasteiger charge is 2.12. The minimum atomic E-state index is -0.490. The molecule has 0 saturated heterocycles. The Hall–Kier alpha value is -2.93. The fraction of sp³-hybridized carbons (Fsp3) is 0. The topological polar surface area (TPSA) is 61.1 Å². The summed E-state index contributed by atoms with van der Waals surface area (Å²) in [6, 6.07) is 13.0. The molecule has 0 aliphatic rings. The minimum Gasteiger partial charge on any atom is -0.508 e. The molecule has 0 spiro atoms. The second-order valence-corrected chi connectivity index (χ2v) is 4.10. The molecule has 1 N–H and O–H groups in total. The molecule has 0 aromatic heterocycles. The van der Waals surface area contributed by atoms with E-state index < -0.39 is 11.6 Å². The van der Waals surface area contributed by atoms with Crippen molar-refractivity contribution < 1.29 is 14.3 Å². The normalized spacial score (nSPS) is 10.9. The molecule has 2 rings (SSSR count). The van der Waals surface area contributed by atoms with E-state index >= 15 is 0 Å². The molecule has 4 heteroatoms. The summed E-state index contributed by atoms with van der Waals surface area (Å²) in [5, 5.41) is 18.4. The van der Waals surface area contributed by atoms with Gasteiger partial charge in [0.15, 0.2) is 0 Å². The van der Waals surface area contributed by atoms with Crippen molar-refractivity contribution in [2.24, 2.45) is 0 Å². The molecule has 0 aliphatic heterocycles. The van der Waals surface area contributed by atoms with Crippen molar-refractivity contribution in [2.45, 2.75) is 0 Å². The van der Waals surface area contributed by atoms with Crippen molar-refractivity contribution in [3.05, 3.63) is 71.0 Å². The Bertz CT molecular complexity index is 712. The number of nitrogens with zero attached hydrogens (tertiary/aromatic N) is 1. The molecule has 0 saturated carbocycles. The molecule has 0 fully saturated rings. The monoisotopic (exact) mass is 267 g/mol. The maximum atomic E-state index is 12.8. The second kappa shape index (κ2) is 5.81. The number of phenolic OH excluding ortho intramolecular Hbond substituents is 1. The van der Waals surface area contributed by atoms with Crippen molar-refractivity contribution in [3.63, 3.8) is 0 Å². The number of Topliss-reactive ketones (excluding diaryl/α,β-unsaturated/α-hetero) is 1. The van der Waals surface area contributed by atoms with Crippen molar-refractivity contribution in [1.82, 2.24) is 0 Å². The van der Waals surface area contributed by atoms with Crippen LogP contribution in [0.4, 0.5) is 4.39 Å². The maximum absolute atomic E-state index is 12.8. The third kappa shape index (κ3) is 3.09. The Morgan fingerprint density at radius 3 is 2.50 bits per heavy atom. The summed E-state index contributed by atoms with van der Waals surface area (Å²) in [5.74, 6) is -0.891. The summed E-state index contributed by atoms with van der Waals surface area (Å²) in [6.07, 6.45) is 1.38. The smallest absolute Gasteiger partial charge is 0.203 e. The van der Waals surface area contributed by atoms with Crippen LogP contribution in [0.2, 0.25) is 0 Å². The molecule has 98 valence electrons.